The van der Waals surface area contributed by atoms with Crippen LogP contribution in [0.5, 0.6) is 0 Å². The second kappa shape index (κ2) is 5.61. The van der Waals surface area contributed by atoms with Gasteiger partial charge in [0, 0.05) is 0 Å². The molecule has 2 N–H and O–H groups in total. The van der Waals surface area contributed by atoms with E-state index in [1.54, 1.807) is 13.8 Å². The van der Waals surface area contributed by atoms with Crippen molar-refractivity contribution in [3.8, 4) is 0 Å². The number of nitrogens with zero attached hydrogens (tertiary/aromatic N) is 1. The molecule has 1 aliphatic rings. The van der Waals surface area contributed by atoms with E-state index in [0.29, 0.717) is 11.3 Å². The van der Waals surface area contributed by atoms with Crippen molar-refractivity contribution < 1.29 is 22.4 Å². The van der Waals surface area contributed by atoms with E-state index < -0.39 is 36.9 Å². The highest BCUT2D eigenvalue weighted by Crippen LogP contribution is 2.41. The highest BCUT2D eigenvalue weighted by molar-refractivity contribution is 5.85. The highest BCUT2D eigenvalue weighted by Gasteiger charge is 2.64. The maximum Gasteiger partial charge on any atom is 0.329 e. The van der Waals surface area contributed by atoms with Crippen molar-refractivity contribution in [2.75, 3.05) is 13.1 Å². The van der Waals surface area contributed by atoms with Crippen molar-refractivity contribution in [2.24, 2.45) is 11.7 Å². The summed E-state index contributed by atoms with van der Waals surface area (Å²) in [5.41, 5.74) is 5.55. The van der Waals surface area contributed by atoms with Crippen LogP contribution in [0.4, 0.5) is 17.6 Å². The Morgan fingerprint density at radius 3 is 2.00 bits per heavy atom. The lowest BCUT2D eigenvalue weighted by Gasteiger charge is -2.23. The zero-order chi connectivity index (χ0) is 13.4. The molecule has 108 valence electrons. The molecule has 2 atom stereocenters. The fourth-order valence-electron chi connectivity index (χ4n) is 1.63. The Balaban J connectivity index is 0.00000289. The zero-order valence-corrected chi connectivity index (χ0v) is 10.9. The van der Waals surface area contributed by atoms with Gasteiger partial charge in [0.1, 0.15) is 0 Å². The Morgan fingerprint density at radius 1 is 1.28 bits per heavy atom. The van der Waals surface area contributed by atoms with Crippen LogP contribution in [0.1, 0.15) is 20.3 Å². The molecule has 8 heteroatoms. The molecule has 1 saturated heterocycles. The third kappa shape index (κ3) is 3.06. The first-order valence-corrected chi connectivity index (χ1v) is 5.42. The van der Waals surface area contributed by atoms with Crippen molar-refractivity contribution >= 4 is 18.3 Å². The molecule has 1 amide bonds. The van der Waals surface area contributed by atoms with Crippen LogP contribution in [-0.4, -0.2) is 41.8 Å². The van der Waals surface area contributed by atoms with E-state index >= 15 is 0 Å². The van der Waals surface area contributed by atoms with Gasteiger partial charge in [0.15, 0.2) is 0 Å². The van der Waals surface area contributed by atoms with E-state index in [-0.39, 0.29) is 18.3 Å². The monoisotopic (exact) mass is 292 g/mol. The number of likely N-dealkylation sites (tertiary alicyclic amines) is 1. The summed E-state index contributed by atoms with van der Waals surface area (Å²) in [6, 6.07) is -1.01. The fourth-order valence-corrected chi connectivity index (χ4v) is 1.63. The second-order valence-corrected chi connectivity index (χ2v) is 4.51. The standard InChI is InChI=1S/C10H16F4N2O.ClH/c1-3-6(2)7(15)8(17)16-4-9(11,12)10(13,14)5-16;/h6-7H,3-5,15H2,1-2H3;1H/t6-,7-;/m0./s1. The third-order valence-corrected chi connectivity index (χ3v) is 3.17. The van der Waals surface area contributed by atoms with Crippen LogP contribution in [0.25, 0.3) is 0 Å². The van der Waals surface area contributed by atoms with Gasteiger partial charge in [-0.05, 0) is 5.92 Å². The van der Waals surface area contributed by atoms with E-state index in [4.69, 9.17) is 5.73 Å². The minimum atomic E-state index is -4.17. The van der Waals surface area contributed by atoms with Gasteiger partial charge in [0.05, 0.1) is 19.1 Å². The summed E-state index contributed by atoms with van der Waals surface area (Å²) in [4.78, 5) is 12.1. The van der Waals surface area contributed by atoms with Crippen LogP contribution in [0.2, 0.25) is 0 Å². The van der Waals surface area contributed by atoms with E-state index in [1.807, 2.05) is 0 Å². The molecule has 0 bridgehead atoms. The Morgan fingerprint density at radius 2 is 1.67 bits per heavy atom. The molecule has 1 aliphatic heterocycles. The van der Waals surface area contributed by atoms with E-state index in [9.17, 15) is 22.4 Å². The highest BCUT2D eigenvalue weighted by atomic mass is 35.5. The van der Waals surface area contributed by atoms with Crippen LogP contribution in [0, 0.1) is 5.92 Å². The Kier molecular flexibility index (Phi) is 5.43. The summed E-state index contributed by atoms with van der Waals surface area (Å²) in [6.45, 7) is 0.936. The molecular formula is C10H17ClF4N2O. The number of hydrogen-bond donors (Lipinski definition) is 1. The molecule has 1 heterocycles. The lowest BCUT2D eigenvalue weighted by atomic mass is 9.99. The quantitative estimate of drug-likeness (QED) is 0.808. The van der Waals surface area contributed by atoms with Gasteiger partial charge in [0.2, 0.25) is 5.91 Å². The van der Waals surface area contributed by atoms with E-state index in [0.717, 1.165) is 0 Å². The zero-order valence-electron chi connectivity index (χ0n) is 10.1. The SMILES string of the molecule is CC[C@H](C)[C@H](N)C(=O)N1CC(F)(F)C(F)(F)C1.Cl. The minimum absolute atomic E-state index is 0. The Bertz CT molecular complexity index is 298. The summed E-state index contributed by atoms with van der Waals surface area (Å²) >= 11 is 0. The molecule has 0 aliphatic carbocycles. The van der Waals surface area contributed by atoms with Gasteiger partial charge < -0.3 is 10.6 Å². The normalized spacial score (nSPS) is 24.3. The number of halogens is 5. The largest absolute Gasteiger partial charge is 0.329 e. The first-order chi connectivity index (χ1) is 7.62. The molecule has 0 aromatic carbocycles. The smallest absolute Gasteiger partial charge is 0.329 e. The topological polar surface area (TPSA) is 46.3 Å². The lowest BCUT2D eigenvalue weighted by Crippen LogP contribution is -2.46. The number of nitrogens with two attached hydrogens (primary N) is 1. The van der Waals surface area contributed by atoms with Gasteiger partial charge in [-0.3, -0.25) is 4.79 Å². The number of hydrogen-bond acceptors (Lipinski definition) is 2. The molecule has 3 nitrogen and oxygen atoms in total. The van der Waals surface area contributed by atoms with Crippen LogP contribution >= 0.6 is 12.4 Å². The number of amides is 1. The van der Waals surface area contributed by atoms with E-state index in [2.05, 4.69) is 0 Å². The van der Waals surface area contributed by atoms with Crippen LogP contribution < -0.4 is 5.73 Å². The van der Waals surface area contributed by atoms with Crippen molar-refractivity contribution in [2.45, 2.75) is 38.2 Å². The number of carbonyl (C=O) groups excluding carboxylic acids is 1. The van der Waals surface area contributed by atoms with Crippen molar-refractivity contribution in [3.05, 3.63) is 0 Å². The number of carbonyl (C=O) groups is 1. The number of alkyl halides is 4. The summed E-state index contributed by atoms with van der Waals surface area (Å²) in [5, 5.41) is 0. The maximum atomic E-state index is 12.9. The van der Waals surface area contributed by atoms with Gasteiger partial charge in [-0.15, -0.1) is 12.4 Å². The summed E-state index contributed by atoms with van der Waals surface area (Å²) in [6.07, 6.45) is 0.577. The summed E-state index contributed by atoms with van der Waals surface area (Å²) < 4.78 is 51.6. The predicted molar refractivity (Wildman–Crippen MR) is 61.2 cm³/mol. The first-order valence-electron chi connectivity index (χ1n) is 5.42. The summed E-state index contributed by atoms with van der Waals surface area (Å²) in [5.74, 6) is -9.41. The molecule has 0 spiro atoms. The van der Waals surface area contributed by atoms with Gasteiger partial charge in [-0.25, -0.2) is 0 Å². The van der Waals surface area contributed by atoms with Gasteiger partial charge in [-0.1, -0.05) is 20.3 Å². The van der Waals surface area contributed by atoms with Crippen LogP contribution in [-0.2, 0) is 4.79 Å². The molecule has 18 heavy (non-hydrogen) atoms. The van der Waals surface area contributed by atoms with E-state index in [1.165, 1.54) is 0 Å². The second-order valence-electron chi connectivity index (χ2n) is 4.51. The maximum absolute atomic E-state index is 12.9. The molecule has 0 aromatic heterocycles. The van der Waals surface area contributed by atoms with Crippen LogP contribution in [0.3, 0.4) is 0 Å². The average Bonchev–Trinajstić information content (AvgIpc) is 2.45. The Hall–Kier alpha value is -0.560. The molecule has 1 rings (SSSR count). The Labute approximate surface area is 109 Å². The third-order valence-electron chi connectivity index (χ3n) is 3.17. The minimum Gasteiger partial charge on any atom is -0.329 e. The van der Waals surface area contributed by atoms with Gasteiger partial charge in [-0.2, -0.15) is 17.6 Å². The van der Waals surface area contributed by atoms with Crippen molar-refractivity contribution in [3.63, 3.8) is 0 Å². The number of rotatable bonds is 3. The molecule has 1 fully saturated rings. The average molecular weight is 293 g/mol. The molecule has 0 aromatic rings. The molecule has 0 saturated carbocycles. The fraction of sp³-hybridized carbons (Fsp3) is 0.900. The van der Waals surface area contributed by atoms with Crippen molar-refractivity contribution in [1.82, 2.24) is 4.90 Å². The van der Waals surface area contributed by atoms with Crippen molar-refractivity contribution in [1.29, 1.82) is 0 Å². The predicted octanol–water partition coefficient (Wildman–Crippen LogP) is 1.89. The lowest BCUT2D eigenvalue weighted by molar-refractivity contribution is -0.172. The molecule has 0 unspecified atom stereocenters. The van der Waals surface area contributed by atoms with Gasteiger partial charge >= 0.3 is 11.8 Å². The first kappa shape index (κ1) is 17.4. The van der Waals surface area contributed by atoms with Gasteiger partial charge in [0.25, 0.3) is 0 Å². The molecule has 0 radical (unpaired) electrons. The summed E-state index contributed by atoms with van der Waals surface area (Å²) in [7, 11) is 0. The molecular weight excluding hydrogens is 276 g/mol. The van der Waals surface area contributed by atoms with Crippen LogP contribution in [0.15, 0.2) is 0 Å².